The number of hydrogen-bond donors (Lipinski definition) is 2. The molecule has 1 aromatic heterocycles. The third-order valence-electron chi connectivity index (χ3n) is 4.53. The summed E-state index contributed by atoms with van der Waals surface area (Å²) in [6, 6.07) is 0.188. The van der Waals surface area contributed by atoms with E-state index in [9.17, 15) is 24.3 Å². The lowest BCUT2D eigenvalue weighted by atomic mass is 9.95. The molecule has 0 saturated carbocycles. The van der Waals surface area contributed by atoms with Gasteiger partial charge in [-0.1, -0.05) is 6.92 Å². The van der Waals surface area contributed by atoms with Gasteiger partial charge in [0.25, 0.3) is 5.91 Å². The zero-order valence-corrected chi connectivity index (χ0v) is 16.6. The second-order valence-electron chi connectivity index (χ2n) is 6.71. The summed E-state index contributed by atoms with van der Waals surface area (Å²) in [4.78, 5) is 52.7. The quantitative estimate of drug-likeness (QED) is 0.542. The second-order valence-corrected chi connectivity index (χ2v) is 6.71. The smallest absolute Gasteiger partial charge is 0.332 e. The molecule has 1 aromatic rings. The van der Waals surface area contributed by atoms with Crippen LogP contribution in [0.3, 0.4) is 0 Å². The molecular weight excluding hydrogens is 384 g/mol. The maximum atomic E-state index is 12.5. The Kier molecular flexibility index (Phi) is 7.13. The van der Waals surface area contributed by atoms with Crippen LogP contribution >= 0.6 is 0 Å². The molecule has 0 aliphatic carbocycles. The molecule has 2 heterocycles. The Balaban J connectivity index is 2.24. The van der Waals surface area contributed by atoms with Gasteiger partial charge in [0.15, 0.2) is 17.8 Å². The fraction of sp³-hybridized carbons (Fsp3) is 0.526. The first kappa shape index (κ1) is 22.1. The van der Waals surface area contributed by atoms with Gasteiger partial charge in [-0.2, -0.15) is 0 Å². The van der Waals surface area contributed by atoms with Crippen LogP contribution in [0, 0.1) is 12.8 Å². The molecule has 0 unspecified atom stereocenters. The molecule has 1 amide bonds. The zero-order valence-electron chi connectivity index (χ0n) is 16.6. The number of carbonyl (C=O) groups excluding carboxylic acids is 4. The van der Waals surface area contributed by atoms with Crippen LogP contribution in [0.1, 0.15) is 43.2 Å². The molecule has 2 N–H and O–H groups in total. The fourth-order valence-corrected chi connectivity index (χ4v) is 2.95. The number of cyclic esters (lactones) is 2. The summed E-state index contributed by atoms with van der Waals surface area (Å²) >= 11 is 0. The Morgan fingerprint density at radius 1 is 1.34 bits per heavy atom. The van der Waals surface area contributed by atoms with E-state index in [0.29, 0.717) is 5.56 Å². The Hall–Kier alpha value is -3.17. The summed E-state index contributed by atoms with van der Waals surface area (Å²) in [5, 5.41) is 12.4. The molecule has 1 saturated heterocycles. The third kappa shape index (κ3) is 5.21. The first-order valence-electron chi connectivity index (χ1n) is 9.15. The molecule has 1 aliphatic heterocycles. The highest BCUT2D eigenvalue weighted by Crippen LogP contribution is 2.23. The maximum Gasteiger partial charge on any atom is 0.332 e. The van der Waals surface area contributed by atoms with Crippen molar-refractivity contribution in [1.82, 2.24) is 10.3 Å². The SMILES string of the molecule is CC[C@H]1C(=O)OC[C@H](NC(=O)c2nccc(C)c2O)C(=O)O[C@@H](C)[C@@H]1OC(C)=O. The number of esters is 3. The number of hydrogen-bond acceptors (Lipinski definition) is 9. The van der Waals surface area contributed by atoms with E-state index in [-0.39, 0.29) is 17.9 Å². The van der Waals surface area contributed by atoms with Crippen LogP contribution in [0.5, 0.6) is 5.75 Å². The van der Waals surface area contributed by atoms with E-state index in [2.05, 4.69) is 10.3 Å². The average Bonchev–Trinajstić information content (AvgIpc) is 2.69. The van der Waals surface area contributed by atoms with Crippen molar-refractivity contribution < 1.29 is 38.5 Å². The van der Waals surface area contributed by atoms with E-state index in [4.69, 9.17) is 14.2 Å². The largest absolute Gasteiger partial charge is 0.505 e. The Labute approximate surface area is 167 Å². The molecule has 0 spiro atoms. The minimum absolute atomic E-state index is 0.277. The van der Waals surface area contributed by atoms with Crippen molar-refractivity contribution in [2.24, 2.45) is 5.92 Å². The highest BCUT2D eigenvalue weighted by atomic mass is 16.6. The lowest BCUT2D eigenvalue weighted by Gasteiger charge is -2.27. The first-order valence-corrected chi connectivity index (χ1v) is 9.15. The molecule has 0 aromatic carbocycles. The van der Waals surface area contributed by atoms with Crippen molar-refractivity contribution in [3.63, 3.8) is 0 Å². The summed E-state index contributed by atoms with van der Waals surface area (Å²) in [5.41, 5.74) is 0.151. The number of amides is 1. The van der Waals surface area contributed by atoms with Crippen molar-refractivity contribution in [2.45, 2.75) is 52.4 Å². The van der Waals surface area contributed by atoms with E-state index in [0.717, 1.165) is 0 Å². The summed E-state index contributed by atoms with van der Waals surface area (Å²) in [7, 11) is 0. The second kappa shape index (κ2) is 9.35. The molecule has 2 rings (SSSR count). The van der Waals surface area contributed by atoms with Gasteiger partial charge in [0.1, 0.15) is 18.5 Å². The fourth-order valence-electron chi connectivity index (χ4n) is 2.95. The number of ether oxygens (including phenoxy) is 3. The van der Waals surface area contributed by atoms with E-state index < -0.39 is 54.6 Å². The minimum atomic E-state index is -1.33. The van der Waals surface area contributed by atoms with Gasteiger partial charge in [-0.25, -0.2) is 9.78 Å². The van der Waals surface area contributed by atoms with E-state index in [1.807, 2.05) is 0 Å². The van der Waals surface area contributed by atoms with E-state index in [1.165, 1.54) is 26.1 Å². The van der Waals surface area contributed by atoms with Gasteiger partial charge in [0.2, 0.25) is 0 Å². The Bertz CT molecular complexity index is 809. The summed E-state index contributed by atoms with van der Waals surface area (Å²) in [6.45, 7) is 5.49. The van der Waals surface area contributed by atoms with Crippen molar-refractivity contribution in [3.05, 3.63) is 23.5 Å². The minimum Gasteiger partial charge on any atom is -0.505 e. The average molecular weight is 408 g/mol. The van der Waals surface area contributed by atoms with Crippen molar-refractivity contribution in [3.8, 4) is 5.75 Å². The number of nitrogens with zero attached hydrogens (tertiary/aromatic N) is 1. The van der Waals surface area contributed by atoms with Gasteiger partial charge in [0.05, 0.1) is 5.92 Å². The summed E-state index contributed by atoms with van der Waals surface area (Å²) < 4.78 is 15.7. The molecule has 1 aliphatic rings. The molecule has 0 radical (unpaired) electrons. The van der Waals surface area contributed by atoms with E-state index >= 15 is 0 Å². The van der Waals surface area contributed by atoms with Crippen LogP contribution in [0.25, 0.3) is 0 Å². The van der Waals surface area contributed by atoms with Gasteiger partial charge in [0, 0.05) is 13.1 Å². The molecule has 158 valence electrons. The topological polar surface area (TPSA) is 141 Å². The lowest BCUT2D eigenvalue weighted by molar-refractivity contribution is -0.173. The Morgan fingerprint density at radius 3 is 2.66 bits per heavy atom. The number of rotatable bonds is 4. The van der Waals surface area contributed by atoms with Gasteiger partial charge in [-0.3, -0.25) is 14.4 Å². The highest BCUT2D eigenvalue weighted by molar-refractivity contribution is 5.97. The molecule has 1 fully saturated rings. The first-order chi connectivity index (χ1) is 13.6. The van der Waals surface area contributed by atoms with Gasteiger partial charge in [-0.15, -0.1) is 0 Å². The maximum absolute atomic E-state index is 12.5. The predicted molar refractivity (Wildman–Crippen MR) is 97.7 cm³/mol. The van der Waals surface area contributed by atoms with Crippen molar-refractivity contribution >= 4 is 23.8 Å². The standard InChI is InChI=1S/C19H24N2O8/c1-5-12-16(29-11(4)22)10(3)28-19(26)13(8-27-18(12)25)21-17(24)14-15(23)9(2)6-7-20-14/h6-7,10,12-13,16,23H,5,8H2,1-4H3,(H,21,24)/t10-,12+,13-,16-/m0/s1. The van der Waals surface area contributed by atoms with Gasteiger partial charge >= 0.3 is 17.9 Å². The number of aromatic hydroxyl groups is 1. The molecule has 0 bridgehead atoms. The normalized spacial score (nSPS) is 25.0. The molecule has 29 heavy (non-hydrogen) atoms. The number of aryl methyl sites for hydroxylation is 1. The predicted octanol–water partition coefficient (Wildman–Crippen LogP) is 0.640. The number of carbonyl (C=O) groups is 4. The number of aromatic nitrogens is 1. The highest BCUT2D eigenvalue weighted by Gasteiger charge is 2.40. The van der Waals surface area contributed by atoms with Gasteiger partial charge in [-0.05, 0) is 31.9 Å². The summed E-state index contributed by atoms with van der Waals surface area (Å²) in [5.74, 6) is -4.18. The van der Waals surface area contributed by atoms with Crippen LogP contribution < -0.4 is 5.32 Å². The van der Waals surface area contributed by atoms with Crippen molar-refractivity contribution in [2.75, 3.05) is 6.61 Å². The zero-order chi connectivity index (χ0) is 21.7. The molecular formula is C19H24N2O8. The number of pyridine rings is 1. The van der Waals surface area contributed by atoms with Crippen LogP contribution in [0.15, 0.2) is 12.3 Å². The lowest BCUT2D eigenvalue weighted by Crippen LogP contribution is -2.46. The van der Waals surface area contributed by atoms with Crippen molar-refractivity contribution in [1.29, 1.82) is 0 Å². The van der Waals surface area contributed by atoms with Gasteiger partial charge < -0.3 is 24.6 Å². The monoisotopic (exact) mass is 408 g/mol. The summed E-state index contributed by atoms with van der Waals surface area (Å²) in [6.07, 6.45) is -0.349. The number of nitrogens with one attached hydrogen (secondary N) is 1. The molecule has 4 atom stereocenters. The van der Waals surface area contributed by atoms with E-state index in [1.54, 1.807) is 13.8 Å². The van der Waals surface area contributed by atoms with Crippen LogP contribution in [-0.4, -0.2) is 58.8 Å². The molecule has 10 heteroatoms. The van der Waals surface area contributed by atoms with Crippen LogP contribution in [0.2, 0.25) is 0 Å². The third-order valence-corrected chi connectivity index (χ3v) is 4.53. The van der Waals surface area contributed by atoms with Crippen LogP contribution in [-0.2, 0) is 28.6 Å². The van der Waals surface area contributed by atoms with Crippen LogP contribution in [0.4, 0.5) is 0 Å². The molecule has 10 nitrogen and oxygen atoms in total. The Morgan fingerprint density at radius 2 is 2.03 bits per heavy atom.